The van der Waals surface area contributed by atoms with Crippen LogP contribution in [0.5, 0.6) is 5.75 Å². The maximum atomic E-state index is 13.3. The molecule has 2 N–H and O–H groups in total. The van der Waals surface area contributed by atoms with Crippen LogP contribution < -0.4 is 14.8 Å². The van der Waals surface area contributed by atoms with Crippen molar-refractivity contribution in [2.24, 2.45) is 0 Å². The molecule has 200 valence electrons. The van der Waals surface area contributed by atoms with Gasteiger partial charge in [-0.3, -0.25) is 0 Å². The Morgan fingerprint density at radius 3 is 1.72 bits per heavy atom. The summed E-state index contributed by atoms with van der Waals surface area (Å²) in [5.74, 6) is -1.92. The van der Waals surface area contributed by atoms with E-state index < -0.39 is 70.1 Å². The third kappa shape index (κ3) is 6.44. The first-order chi connectivity index (χ1) is 16.1. The first-order valence-corrected chi connectivity index (χ1v) is 11.7. The van der Waals surface area contributed by atoms with Crippen LogP contribution in [0, 0.1) is 0 Å². The monoisotopic (exact) mass is 594 g/mol. The molecule has 2 rings (SSSR count). The highest BCUT2D eigenvalue weighted by atomic mass is 35.5. The van der Waals surface area contributed by atoms with E-state index in [1.807, 2.05) is 5.32 Å². The molecule has 0 aliphatic carbocycles. The minimum atomic E-state index is -6.55. The van der Waals surface area contributed by atoms with E-state index in [2.05, 4.69) is 4.18 Å². The molecule has 0 heterocycles. The third-order valence-electron chi connectivity index (χ3n) is 3.81. The number of alkyl halides is 9. The maximum Gasteiger partial charge on any atom is 0.534 e. The fraction of sp³-hybridized carbons (Fsp3) is 0.188. The highest BCUT2D eigenvalue weighted by Crippen LogP contribution is 2.44. The van der Waals surface area contributed by atoms with Crippen LogP contribution in [0.15, 0.2) is 41.3 Å². The number of sulfone groups is 1. The number of carbonyl (C=O) groups is 1. The summed E-state index contributed by atoms with van der Waals surface area (Å²) in [7, 11) is -12.2. The Kier molecular flexibility index (Phi) is 7.74. The van der Waals surface area contributed by atoms with Gasteiger partial charge in [-0.05, 0) is 36.4 Å². The molecule has 0 fully saturated rings. The third-order valence-corrected chi connectivity index (χ3v) is 6.55. The van der Waals surface area contributed by atoms with Gasteiger partial charge < -0.3 is 14.8 Å². The van der Waals surface area contributed by atoms with Gasteiger partial charge >= 0.3 is 33.3 Å². The lowest BCUT2D eigenvalue weighted by Crippen LogP contribution is -2.29. The van der Waals surface area contributed by atoms with Crippen LogP contribution in [-0.2, 0) is 26.1 Å². The van der Waals surface area contributed by atoms with Gasteiger partial charge in [-0.15, -0.1) is 0 Å². The van der Waals surface area contributed by atoms with Gasteiger partial charge in [0, 0.05) is 11.4 Å². The van der Waals surface area contributed by atoms with Crippen LogP contribution in [0.2, 0.25) is 5.02 Å². The summed E-state index contributed by atoms with van der Waals surface area (Å²) >= 11 is 5.46. The van der Waals surface area contributed by atoms with E-state index in [9.17, 15) is 61.1 Å². The lowest BCUT2D eigenvalue weighted by molar-refractivity contribution is -0.138. The second kappa shape index (κ2) is 9.51. The summed E-state index contributed by atoms with van der Waals surface area (Å²) in [6.45, 7) is 0. The molecule has 2 aromatic rings. The molecule has 20 heteroatoms. The molecule has 0 bridgehead atoms. The quantitative estimate of drug-likeness (QED) is 0.267. The van der Waals surface area contributed by atoms with Crippen molar-refractivity contribution in [1.29, 1.82) is 0 Å². The summed E-state index contributed by atoms with van der Waals surface area (Å²) in [5.41, 5.74) is -15.0. The molecule has 0 atom stereocenters. The number of amides is 2. The van der Waals surface area contributed by atoms with Gasteiger partial charge in [0.25, 0.3) is 9.84 Å². The Bertz CT molecular complexity index is 1370. The largest absolute Gasteiger partial charge is 0.534 e. The Hall–Kier alpha value is -2.93. The average Bonchev–Trinajstić information content (AvgIpc) is 2.67. The topological polar surface area (TPSA) is 119 Å². The highest BCUT2D eigenvalue weighted by Gasteiger charge is 2.50. The normalized spacial score (nSPS) is 13.3. The zero-order chi connectivity index (χ0) is 27.9. The summed E-state index contributed by atoms with van der Waals surface area (Å²) in [5, 5.41) is 2.41. The molecule has 2 amide bonds. The van der Waals surface area contributed by atoms with Crippen LogP contribution >= 0.6 is 11.6 Å². The Balaban J connectivity index is 2.31. The number of urea groups is 1. The van der Waals surface area contributed by atoms with Crippen LogP contribution in [-0.4, -0.2) is 33.9 Å². The van der Waals surface area contributed by atoms with Gasteiger partial charge in [-0.1, -0.05) is 11.6 Å². The predicted octanol–water partition coefficient (Wildman–Crippen LogP) is 5.52. The van der Waals surface area contributed by atoms with Gasteiger partial charge in [-0.25, -0.2) is 13.2 Å². The Morgan fingerprint density at radius 1 is 0.778 bits per heavy atom. The standard InChI is InChI=1S/C16H8ClF9N2O6S2/c17-11-6-8(5-10(14(18,19)20)12(11)34-36(32,33)16(24,25)26)28-13(29)27-7-1-3-9(4-2-7)35(30,31)15(21,22)23/h1-6H,(H2,27,28,29). The van der Waals surface area contributed by atoms with Gasteiger partial charge in [0.1, 0.15) is 5.56 Å². The Morgan fingerprint density at radius 2 is 1.28 bits per heavy atom. The zero-order valence-electron chi connectivity index (χ0n) is 16.5. The van der Waals surface area contributed by atoms with E-state index >= 15 is 0 Å². The van der Waals surface area contributed by atoms with Crippen molar-refractivity contribution in [2.75, 3.05) is 10.6 Å². The van der Waals surface area contributed by atoms with Crippen molar-refractivity contribution >= 4 is 49.0 Å². The van der Waals surface area contributed by atoms with E-state index in [0.717, 1.165) is 0 Å². The summed E-state index contributed by atoms with van der Waals surface area (Å²) in [6.07, 6.45) is -5.52. The number of hydrogen-bond acceptors (Lipinski definition) is 6. The fourth-order valence-electron chi connectivity index (χ4n) is 2.26. The number of hydrogen-bond donors (Lipinski definition) is 2. The van der Waals surface area contributed by atoms with Gasteiger partial charge in [0.05, 0.1) is 9.92 Å². The molecule has 36 heavy (non-hydrogen) atoms. The van der Waals surface area contributed by atoms with Crippen molar-refractivity contribution in [1.82, 2.24) is 0 Å². The van der Waals surface area contributed by atoms with Crippen molar-refractivity contribution in [3.05, 3.63) is 47.0 Å². The Labute approximate surface area is 200 Å². The maximum absolute atomic E-state index is 13.3. The zero-order valence-corrected chi connectivity index (χ0v) is 18.9. The van der Waals surface area contributed by atoms with Crippen molar-refractivity contribution in [3.63, 3.8) is 0 Å². The molecular weight excluding hydrogens is 587 g/mol. The van der Waals surface area contributed by atoms with E-state index in [4.69, 9.17) is 11.6 Å². The van der Waals surface area contributed by atoms with Crippen molar-refractivity contribution in [2.45, 2.75) is 22.1 Å². The molecule has 0 aliphatic rings. The molecule has 0 radical (unpaired) electrons. The molecule has 2 aromatic carbocycles. The van der Waals surface area contributed by atoms with Gasteiger partial charge in [-0.2, -0.15) is 47.9 Å². The minimum Gasteiger partial charge on any atom is -0.374 e. The summed E-state index contributed by atoms with van der Waals surface area (Å²) in [6, 6.07) is 1.43. The van der Waals surface area contributed by atoms with E-state index in [0.29, 0.717) is 30.3 Å². The fourth-order valence-corrected chi connectivity index (χ4v) is 3.82. The molecule has 0 unspecified atom stereocenters. The lowest BCUT2D eigenvalue weighted by atomic mass is 10.1. The summed E-state index contributed by atoms with van der Waals surface area (Å²) < 4.78 is 163. The predicted molar refractivity (Wildman–Crippen MR) is 104 cm³/mol. The average molecular weight is 595 g/mol. The van der Waals surface area contributed by atoms with Crippen LogP contribution in [0.25, 0.3) is 0 Å². The number of rotatable bonds is 5. The number of anilines is 2. The van der Waals surface area contributed by atoms with E-state index in [1.54, 1.807) is 5.32 Å². The van der Waals surface area contributed by atoms with Crippen molar-refractivity contribution < 1.29 is 65.3 Å². The lowest BCUT2D eigenvalue weighted by Gasteiger charge is -2.18. The molecule has 0 aliphatic heterocycles. The van der Waals surface area contributed by atoms with Gasteiger partial charge in [0.2, 0.25) is 0 Å². The smallest absolute Gasteiger partial charge is 0.374 e. The highest BCUT2D eigenvalue weighted by molar-refractivity contribution is 7.92. The van der Waals surface area contributed by atoms with Crippen LogP contribution in [0.3, 0.4) is 0 Å². The molecular formula is C16H8ClF9N2O6S2. The van der Waals surface area contributed by atoms with Crippen molar-refractivity contribution in [3.8, 4) is 5.75 Å². The van der Waals surface area contributed by atoms with Crippen LogP contribution in [0.1, 0.15) is 5.56 Å². The molecule has 0 saturated carbocycles. The second-order valence-electron chi connectivity index (χ2n) is 6.37. The first-order valence-electron chi connectivity index (χ1n) is 8.47. The van der Waals surface area contributed by atoms with E-state index in [-0.39, 0.29) is 11.8 Å². The minimum absolute atomic E-state index is 0.00824. The molecule has 8 nitrogen and oxygen atoms in total. The van der Waals surface area contributed by atoms with Crippen LogP contribution in [0.4, 0.5) is 55.7 Å². The molecule has 0 aromatic heterocycles. The first kappa shape index (κ1) is 29.3. The number of halogens is 10. The molecule has 0 spiro atoms. The SMILES string of the molecule is O=C(Nc1ccc(S(=O)(=O)C(F)(F)F)cc1)Nc1cc(Cl)c(OS(=O)(=O)C(F)(F)F)c(C(F)(F)F)c1. The molecule has 0 saturated heterocycles. The number of carbonyl (C=O) groups excluding carboxylic acids is 1. The van der Waals surface area contributed by atoms with Gasteiger partial charge in [0.15, 0.2) is 5.75 Å². The summed E-state index contributed by atoms with van der Waals surface area (Å²) in [4.78, 5) is 10.8. The van der Waals surface area contributed by atoms with E-state index in [1.165, 1.54) is 0 Å². The number of benzene rings is 2. The number of nitrogens with one attached hydrogen (secondary N) is 2. The second-order valence-corrected chi connectivity index (χ2v) is 10.3.